The van der Waals surface area contributed by atoms with E-state index >= 15 is 0 Å². The summed E-state index contributed by atoms with van der Waals surface area (Å²) in [4.78, 5) is 5.22. The molecular formula is C18H13ClN2S. The normalized spacial score (nSPS) is 11.1. The maximum atomic E-state index is 5.91. The van der Waals surface area contributed by atoms with Gasteiger partial charge in [-0.3, -0.25) is 0 Å². The largest absolute Gasteiger partial charge is 0.379 e. The van der Waals surface area contributed by atoms with E-state index in [9.17, 15) is 0 Å². The molecule has 3 aromatic carbocycles. The molecule has 4 rings (SSSR count). The molecule has 0 aliphatic heterocycles. The molecule has 0 atom stereocenters. The van der Waals surface area contributed by atoms with Crippen LogP contribution in [0.25, 0.3) is 21.5 Å². The van der Waals surface area contributed by atoms with Crippen molar-refractivity contribution in [3.8, 4) is 0 Å². The number of fused-ring (bicyclic) bond motifs is 2. The van der Waals surface area contributed by atoms with Crippen LogP contribution in [-0.2, 0) is 6.54 Å². The van der Waals surface area contributed by atoms with Crippen molar-refractivity contribution in [3.63, 3.8) is 0 Å². The Balaban J connectivity index is 1.84. The standard InChI is InChI=1S/C18H13ClN2S/c19-18-21-11-14(22-18)10-20-17-15-7-3-1-5-12(15)9-13-6-2-4-8-16(13)17/h1-9,11,20H,10H2. The second-order valence-electron chi connectivity index (χ2n) is 5.13. The molecule has 108 valence electrons. The van der Waals surface area contributed by atoms with E-state index in [-0.39, 0.29) is 0 Å². The predicted octanol–water partition coefficient (Wildman–Crippen LogP) is 5.72. The fourth-order valence-electron chi connectivity index (χ4n) is 2.75. The molecule has 0 amide bonds. The Morgan fingerprint density at radius 2 is 1.59 bits per heavy atom. The van der Waals surface area contributed by atoms with Gasteiger partial charge < -0.3 is 5.32 Å². The Morgan fingerprint density at radius 1 is 0.955 bits per heavy atom. The van der Waals surface area contributed by atoms with Crippen LogP contribution in [0.15, 0.2) is 60.8 Å². The zero-order chi connectivity index (χ0) is 14.9. The van der Waals surface area contributed by atoms with Gasteiger partial charge in [-0.05, 0) is 16.8 Å². The van der Waals surface area contributed by atoms with Crippen molar-refractivity contribution in [1.29, 1.82) is 0 Å². The lowest BCUT2D eigenvalue weighted by atomic mass is 10.0. The third kappa shape index (κ3) is 2.43. The fourth-order valence-corrected chi connectivity index (χ4v) is 3.66. The van der Waals surface area contributed by atoms with E-state index in [0.717, 1.165) is 11.4 Å². The van der Waals surface area contributed by atoms with Gasteiger partial charge in [-0.25, -0.2) is 4.98 Å². The van der Waals surface area contributed by atoms with Crippen LogP contribution in [0, 0.1) is 0 Å². The average molecular weight is 325 g/mol. The number of halogens is 1. The SMILES string of the molecule is Clc1ncc(CNc2c3ccccc3cc3ccccc23)s1. The van der Waals surface area contributed by atoms with Gasteiger partial charge in [-0.2, -0.15) is 0 Å². The molecule has 1 heterocycles. The number of rotatable bonds is 3. The number of nitrogens with zero attached hydrogens (tertiary/aromatic N) is 1. The molecule has 22 heavy (non-hydrogen) atoms. The maximum Gasteiger partial charge on any atom is 0.183 e. The van der Waals surface area contributed by atoms with Gasteiger partial charge >= 0.3 is 0 Å². The molecule has 0 saturated heterocycles. The van der Waals surface area contributed by atoms with E-state index in [4.69, 9.17) is 11.6 Å². The van der Waals surface area contributed by atoms with Gasteiger partial charge in [0.25, 0.3) is 0 Å². The lowest BCUT2D eigenvalue weighted by Crippen LogP contribution is -1.99. The zero-order valence-corrected chi connectivity index (χ0v) is 13.3. The van der Waals surface area contributed by atoms with Crippen LogP contribution in [0.3, 0.4) is 0 Å². The second-order valence-corrected chi connectivity index (χ2v) is 6.82. The van der Waals surface area contributed by atoms with Crippen LogP contribution in [0.4, 0.5) is 5.69 Å². The lowest BCUT2D eigenvalue weighted by Gasteiger charge is -2.13. The Hall–Kier alpha value is -2.10. The van der Waals surface area contributed by atoms with Crippen LogP contribution in [0.5, 0.6) is 0 Å². The molecule has 0 radical (unpaired) electrons. The first-order valence-corrected chi connectivity index (χ1v) is 8.25. The topological polar surface area (TPSA) is 24.9 Å². The third-order valence-electron chi connectivity index (χ3n) is 3.74. The van der Waals surface area contributed by atoms with Crippen LogP contribution < -0.4 is 5.32 Å². The van der Waals surface area contributed by atoms with Crippen LogP contribution in [-0.4, -0.2) is 4.98 Å². The smallest absolute Gasteiger partial charge is 0.183 e. The molecule has 4 aromatic rings. The highest BCUT2D eigenvalue weighted by Gasteiger charge is 2.08. The van der Waals surface area contributed by atoms with Gasteiger partial charge in [0.1, 0.15) is 0 Å². The highest BCUT2D eigenvalue weighted by molar-refractivity contribution is 7.15. The van der Waals surface area contributed by atoms with Crippen LogP contribution in [0.1, 0.15) is 4.88 Å². The van der Waals surface area contributed by atoms with Crippen molar-refractivity contribution < 1.29 is 0 Å². The summed E-state index contributed by atoms with van der Waals surface area (Å²) in [6.45, 7) is 0.725. The summed E-state index contributed by atoms with van der Waals surface area (Å²) in [6, 6.07) is 19.1. The van der Waals surface area contributed by atoms with Crippen molar-refractivity contribution >= 4 is 50.2 Å². The summed E-state index contributed by atoms with van der Waals surface area (Å²) >= 11 is 7.42. The monoisotopic (exact) mass is 324 g/mol. The van der Waals surface area contributed by atoms with E-state index in [2.05, 4.69) is 64.9 Å². The number of anilines is 1. The summed E-state index contributed by atoms with van der Waals surface area (Å²) < 4.78 is 0.583. The fraction of sp³-hybridized carbons (Fsp3) is 0.0556. The second kappa shape index (κ2) is 5.59. The molecule has 1 N–H and O–H groups in total. The van der Waals surface area contributed by atoms with E-state index in [1.807, 2.05) is 6.20 Å². The molecule has 0 unspecified atom stereocenters. The minimum absolute atomic E-state index is 0.583. The number of hydrogen-bond acceptors (Lipinski definition) is 3. The molecule has 0 aliphatic carbocycles. The van der Waals surface area contributed by atoms with Gasteiger partial charge in [0, 0.05) is 21.8 Å². The molecule has 4 heteroatoms. The minimum atomic E-state index is 0.583. The van der Waals surface area contributed by atoms with Gasteiger partial charge in [0.2, 0.25) is 0 Å². The number of thiazole rings is 1. The van der Waals surface area contributed by atoms with Gasteiger partial charge in [0.15, 0.2) is 4.47 Å². The first-order chi connectivity index (χ1) is 10.8. The highest BCUT2D eigenvalue weighted by atomic mass is 35.5. The van der Waals surface area contributed by atoms with Crippen LogP contribution >= 0.6 is 22.9 Å². The van der Waals surface area contributed by atoms with E-state index < -0.39 is 0 Å². The summed E-state index contributed by atoms with van der Waals surface area (Å²) in [5, 5.41) is 8.52. The predicted molar refractivity (Wildman–Crippen MR) is 95.9 cm³/mol. The van der Waals surface area contributed by atoms with Gasteiger partial charge in [-0.15, -0.1) is 11.3 Å². The Labute approximate surface area is 137 Å². The zero-order valence-electron chi connectivity index (χ0n) is 11.7. The minimum Gasteiger partial charge on any atom is -0.379 e. The van der Waals surface area contributed by atoms with E-state index in [1.54, 1.807) is 0 Å². The Morgan fingerprint density at radius 3 is 2.18 bits per heavy atom. The third-order valence-corrected chi connectivity index (χ3v) is 4.85. The molecule has 2 nitrogen and oxygen atoms in total. The van der Waals surface area contributed by atoms with E-state index in [1.165, 1.54) is 38.6 Å². The Bertz CT molecular complexity index is 908. The number of hydrogen-bond donors (Lipinski definition) is 1. The number of aromatic nitrogens is 1. The van der Waals surface area contributed by atoms with Crippen molar-refractivity contribution in [3.05, 3.63) is 70.1 Å². The summed E-state index contributed by atoms with van der Waals surface area (Å²) in [7, 11) is 0. The van der Waals surface area contributed by atoms with Crippen molar-refractivity contribution in [1.82, 2.24) is 4.98 Å². The van der Waals surface area contributed by atoms with Crippen molar-refractivity contribution in [2.45, 2.75) is 6.54 Å². The van der Waals surface area contributed by atoms with E-state index in [0.29, 0.717) is 4.47 Å². The molecular weight excluding hydrogens is 312 g/mol. The molecule has 0 bridgehead atoms. The Kier molecular flexibility index (Phi) is 3.45. The first kappa shape index (κ1) is 13.6. The average Bonchev–Trinajstić information content (AvgIpc) is 2.97. The quantitative estimate of drug-likeness (QED) is 0.488. The molecule has 1 aromatic heterocycles. The van der Waals surface area contributed by atoms with Crippen molar-refractivity contribution in [2.75, 3.05) is 5.32 Å². The molecule has 0 saturated carbocycles. The highest BCUT2D eigenvalue weighted by Crippen LogP contribution is 2.33. The first-order valence-electron chi connectivity index (χ1n) is 7.06. The number of benzene rings is 3. The van der Waals surface area contributed by atoms with Crippen LogP contribution in [0.2, 0.25) is 4.47 Å². The van der Waals surface area contributed by atoms with Crippen molar-refractivity contribution in [2.24, 2.45) is 0 Å². The summed E-state index contributed by atoms with van der Waals surface area (Å²) in [5.74, 6) is 0. The molecule has 0 aliphatic rings. The number of nitrogens with one attached hydrogen (secondary N) is 1. The summed E-state index contributed by atoms with van der Waals surface area (Å²) in [5.41, 5.74) is 1.17. The maximum absolute atomic E-state index is 5.91. The molecule has 0 fully saturated rings. The molecule has 0 spiro atoms. The van der Waals surface area contributed by atoms with Gasteiger partial charge in [0.05, 0.1) is 12.2 Å². The van der Waals surface area contributed by atoms with Gasteiger partial charge in [-0.1, -0.05) is 60.1 Å². The summed E-state index contributed by atoms with van der Waals surface area (Å²) in [6.07, 6.45) is 1.83. The lowest BCUT2D eigenvalue weighted by molar-refractivity contribution is 1.19.